The first kappa shape index (κ1) is 42.5. The molecule has 0 aliphatic rings. The van der Waals surface area contributed by atoms with Gasteiger partial charge in [0.05, 0.1) is 29.9 Å². The van der Waals surface area contributed by atoms with E-state index in [-0.39, 0.29) is 92.9 Å². The molecule has 0 amide bonds. The topological polar surface area (TPSA) is 190 Å². The molecule has 0 bridgehead atoms. The summed E-state index contributed by atoms with van der Waals surface area (Å²) in [6.07, 6.45) is 2.36. The molecule has 0 saturated carbocycles. The third kappa shape index (κ3) is 8.61. The zero-order valence-electron chi connectivity index (χ0n) is 28.1. The van der Waals surface area contributed by atoms with Crippen LogP contribution in [0.25, 0.3) is 11.4 Å². The van der Waals surface area contributed by atoms with Crippen LogP contribution in [0.1, 0.15) is 72.7 Å². The van der Waals surface area contributed by atoms with Crippen molar-refractivity contribution in [2.45, 2.75) is 13.0 Å². The molecule has 18 heteroatoms. The molecule has 1 unspecified atom stereocenters. The molecule has 1 N–H and O–H groups in total. The predicted octanol–water partition coefficient (Wildman–Crippen LogP) is 0.634. The van der Waals surface area contributed by atoms with Gasteiger partial charge < -0.3 is 29.5 Å². The largest absolute Gasteiger partial charge is 2.00 e. The van der Waals surface area contributed by atoms with Crippen molar-refractivity contribution in [3.05, 3.63) is 137 Å². The Bertz CT molecular complexity index is 2330. The van der Waals surface area contributed by atoms with Crippen molar-refractivity contribution in [1.29, 1.82) is 10.5 Å². The van der Waals surface area contributed by atoms with Gasteiger partial charge in [0, 0.05) is 37.4 Å². The van der Waals surface area contributed by atoms with Gasteiger partial charge in [0.2, 0.25) is 11.6 Å². The van der Waals surface area contributed by atoms with Gasteiger partial charge in [0.1, 0.15) is 57.9 Å². The van der Waals surface area contributed by atoms with E-state index in [1.54, 1.807) is 14.1 Å². The average molecular weight is 782 g/mol. The van der Waals surface area contributed by atoms with Crippen molar-refractivity contribution in [2.24, 2.45) is 14.1 Å². The number of hydrogen-bond acceptors (Lipinski definition) is 10. The number of aryl methyl sites for hydroxylation is 2. The van der Waals surface area contributed by atoms with Gasteiger partial charge in [0.25, 0.3) is 0 Å². The molecule has 6 rings (SSSR count). The SMILES string of the molecule is CC(O)c1cc(F)ccc1-n1nccc1C(=O)c1cc(C#N)n(C)n1.Cn1nc(C(=O)c2ccnn2-c2ccc(F)cc2C=O)cc1C#N.[Br-].[CH3-].[Mg+2]. The molecule has 0 fully saturated rings. The number of benzene rings is 2. The molecule has 4 aromatic heterocycles. The Morgan fingerprint density at radius 1 is 0.788 bits per heavy atom. The summed E-state index contributed by atoms with van der Waals surface area (Å²) in [6.45, 7) is 1.50. The first-order valence-electron chi connectivity index (χ1n) is 14.3. The summed E-state index contributed by atoms with van der Waals surface area (Å²) < 4.78 is 32.0. The van der Waals surface area contributed by atoms with Crippen LogP contribution in [0.3, 0.4) is 0 Å². The predicted molar refractivity (Wildman–Crippen MR) is 178 cm³/mol. The smallest absolute Gasteiger partial charge is 1.00 e. The molecule has 6 aromatic rings. The van der Waals surface area contributed by atoms with Crippen LogP contribution in [-0.2, 0) is 14.1 Å². The third-order valence-corrected chi connectivity index (χ3v) is 7.22. The average Bonchev–Trinajstić information content (AvgIpc) is 3.91. The molecule has 0 radical (unpaired) electrons. The molecule has 0 aliphatic heterocycles. The Morgan fingerprint density at radius 3 is 1.65 bits per heavy atom. The number of carbonyl (C=O) groups excluding carboxylic acids is 3. The Hall–Kier alpha value is -5.66. The normalized spacial score (nSPS) is 10.5. The van der Waals surface area contributed by atoms with E-state index in [1.165, 1.54) is 92.6 Å². The number of aliphatic hydroxyl groups is 1. The monoisotopic (exact) mass is 780 g/mol. The van der Waals surface area contributed by atoms with Crippen LogP contribution in [0.2, 0.25) is 0 Å². The number of hydrogen-bond donors (Lipinski definition) is 1. The van der Waals surface area contributed by atoms with E-state index in [0.717, 1.165) is 6.07 Å². The maximum atomic E-state index is 13.5. The van der Waals surface area contributed by atoms with E-state index in [4.69, 9.17) is 10.5 Å². The van der Waals surface area contributed by atoms with Gasteiger partial charge in [-0.3, -0.25) is 23.7 Å². The Balaban J connectivity index is 0.000000341. The second kappa shape index (κ2) is 18.0. The molecule has 0 spiro atoms. The number of aromatic nitrogens is 8. The van der Waals surface area contributed by atoms with Gasteiger partial charge in [-0.2, -0.15) is 30.9 Å². The standard InChI is InChI=1S/C17H14FN5O2.C16H10FN5O2.CH3.BrH.Mg/c1-10(24)13-7-11(18)3-4-15(13)23-16(5-6-20-23)17(25)14-8-12(9-19)22(2)21-14;1-21-12(8-18)7-13(20-21)16(24)15-4-5-19-22(15)14-3-2-11(17)6-10(14)9-23;;;/h3-8,10,24H,1-2H3;2-7,9H,1H3;1H3;1H;/q;;-1;;+2/p-1. The number of rotatable bonds is 8. The minimum absolute atomic E-state index is 0. The maximum absolute atomic E-state index is 13.5. The Morgan fingerprint density at radius 2 is 1.23 bits per heavy atom. The molecule has 4 heterocycles. The van der Waals surface area contributed by atoms with Gasteiger partial charge in [-0.05, 0) is 55.5 Å². The van der Waals surface area contributed by atoms with Crippen molar-refractivity contribution in [1.82, 2.24) is 39.1 Å². The van der Waals surface area contributed by atoms with E-state index in [1.807, 2.05) is 12.1 Å². The number of aldehydes is 1. The fourth-order valence-corrected chi connectivity index (χ4v) is 4.83. The molecule has 52 heavy (non-hydrogen) atoms. The van der Waals surface area contributed by atoms with Gasteiger partial charge in [-0.15, -0.1) is 0 Å². The van der Waals surface area contributed by atoms with Crippen molar-refractivity contribution in [3.8, 4) is 23.5 Å². The quantitative estimate of drug-likeness (QED) is 0.0993. The molecular weight excluding hydrogens is 755 g/mol. The summed E-state index contributed by atoms with van der Waals surface area (Å²) in [5.74, 6) is -1.96. The number of carbonyl (C=O) groups is 3. The van der Waals surface area contributed by atoms with E-state index in [2.05, 4.69) is 20.4 Å². The number of nitriles is 2. The van der Waals surface area contributed by atoms with E-state index in [0.29, 0.717) is 17.5 Å². The van der Waals surface area contributed by atoms with Crippen LogP contribution >= 0.6 is 0 Å². The number of nitrogens with zero attached hydrogens (tertiary/aromatic N) is 10. The van der Waals surface area contributed by atoms with Crippen LogP contribution in [-0.4, -0.2) is 85.1 Å². The molecule has 260 valence electrons. The second-order valence-electron chi connectivity index (χ2n) is 10.4. The van der Waals surface area contributed by atoms with Crippen molar-refractivity contribution in [3.63, 3.8) is 0 Å². The van der Waals surface area contributed by atoms with Crippen LogP contribution in [0, 0.1) is 41.7 Å². The van der Waals surface area contributed by atoms with Gasteiger partial charge in [0.15, 0.2) is 6.29 Å². The number of ketones is 2. The van der Waals surface area contributed by atoms with E-state index < -0.39 is 29.3 Å². The zero-order valence-corrected chi connectivity index (χ0v) is 31.1. The van der Waals surface area contributed by atoms with E-state index in [9.17, 15) is 28.3 Å². The minimum Gasteiger partial charge on any atom is -1.00 e. The fraction of sp³-hybridized carbons (Fsp3) is 0.118. The minimum atomic E-state index is -0.946. The van der Waals surface area contributed by atoms with Gasteiger partial charge in [-0.25, -0.2) is 18.1 Å². The van der Waals surface area contributed by atoms with Crippen LogP contribution in [0.5, 0.6) is 0 Å². The third-order valence-electron chi connectivity index (χ3n) is 7.22. The molecule has 0 saturated heterocycles. The fourth-order valence-electron chi connectivity index (χ4n) is 4.83. The summed E-state index contributed by atoms with van der Waals surface area (Å²) in [5.41, 5.74) is 2.02. The van der Waals surface area contributed by atoms with Crippen molar-refractivity contribution >= 4 is 40.9 Å². The summed E-state index contributed by atoms with van der Waals surface area (Å²) in [7, 11) is 3.12. The first-order chi connectivity index (χ1) is 23.5. The molecular formula is C34H27BrF2MgN10O4. The summed E-state index contributed by atoms with van der Waals surface area (Å²) >= 11 is 0. The van der Waals surface area contributed by atoms with Crippen molar-refractivity contribution in [2.75, 3.05) is 0 Å². The molecule has 14 nitrogen and oxygen atoms in total. The first-order valence-corrected chi connectivity index (χ1v) is 14.3. The van der Waals surface area contributed by atoms with Crippen molar-refractivity contribution < 1.29 is 45.3 Å². The van der Waals surface area contributed by atoms with Crippen LogP contribution < -0.4 is 17.0 Å². The number of aliphatic hydroxyl groups excluding tert-OH is 1. The Kier molecular flexibility index (Phi) is 14.7. The zero-order chi connectivity index (χ0) is 35.4. The second-order valence-corrected chi connectivity index (χ2v) is 10.4. The Labute approximate surface area is 322 Å². The van der Waals surface area contributed by atoms with Crippen LogP contribution in [0.4, 0.5) is 8.78 Å². The van der Waals surface area contributed by atoms with Gasteiger partial charge in [-0.1, -0.05) is 0 Å². The molecule has 1 atom stereocenters. The summed E-state index contributed by atoms with van der Waals surface area (Å²) in [4.78, 5) is 36.6. The molecule has 2 aromatic carbocycles. The van der Waals surface area contributed by atoms with Gasteiger partial charge >= 0.3 is 23.1 Å². The summed E-state index contributed by atoms with van der Waals surface area (Å²) in [5, 5.41) is 44.0. The summed E-state index contributed by atoms with van der Waals surface area (Å²) in [6, 6.07) is 17.1. The van der Waals surface area contributed by atoms with Crippen LogP contribution in [0.15, 0.2) is 73.1 Å². The molecule has 0 aliphatic carbocycles. The maximum Gasteiger partial charge on any atom is 2.00 e. The number of halogens is 3. The van der Waals surface area contributed by atoms with E-state index >= 15 is 0 Å².